The van der Waals surface area contributed by atoms with E-state index in [0.717, 1.165) is 31.6 Å². The largest absolute Gasteiger partial charge is 0.313 e. The standard InChI is InChI=1S/C15H24FN3/c1-3-7-19(11-15-5-4-6-18-15)12(2)13-8-14(16)10-17-9-13/h8-10,12,15,18H,3-7,11H2,1-2H3. The average molecular weight is 265 g/mol. The zero-order chi connectivity index (χ0) is 13.7. The smallest absolute Gasteiger partial charge is 0.141 e. The Balaban J connectivity index is 2.04. The van der Waals surface area contributed by atoms with Crippen LogP contribution < -0.4 is 5.32 Å². The Labute approximate surface area is 115 Å². The molecule has 19 heavy (non-hydrogen) atoms. The van der Waals surface area contributed by atoms with Crippen LogP contribution in [-0.4, -0.2) is 35.6 Å². The van der Waals surface area contributed by atoms with Gasteiger partial charge in [-0.1, -0.05) is 6.92 Å². The molecule has 0 radical (unpaired) electrons. The van der Waals surface area contributed by atoms with Gasteiger partial charge in [-0.3, -0.25) is 9.88 Å². The van der Waals surface area contributed by atoms with Crippen molar-refractivity contribution in [1.82, 2.24) is 15.2 Å². The van der Waals surface area contributed by atoms with Gasteiger partial charge in [-0.15, -0.1) is 0 Å². The monoisotopic (exact) mass is 265 g/mol. The first-order valence-electron chi connectivity index (χ1n) is 7.28. The maximum atomic E-state index is 13.3. The molecular weight excluding hydrogens is 241 g/mol. The second-order valence-corrected chi connectivity index (χ2v) is 5.40. The van der Waals surface area contributed by atoms with Gasteiger partial charge in [0.2, 0.25) is 0 Å². The molecule has 1 fully saturated rings. The first-order chi connectivity index (χ1) is 9.20. The van der Waals surface area contributed by atoms with E-state index in [2.05, 4.69) is 29.0 Å². The van der Waals surface area contributed by atoms with Crippen LogP contribution in [0, 0.1) is 5.82 Å². The first kappa shape index (κ1) is 14.4. The zero-order valence-electron chi connectivity index (χ0n) is 11.9. The molecule has 0 aromatic carbocycles. The quantitative estimate of drug-likeness (QED) is 0.857. The van der Waals surface area contributed by atoms with Gasteiger partial charge in [0.15, 0.2) is 0 Å². The normalized spacial score (nSPS) is 20.9. The van der Waals surface area contributed by atoms with Crippen molar-refractivity contribution >= 4 is 0 Å². The molecule has 1 aromatic rings. The molecule has 1 N–H and O–H groups in total. The van der Waals surface area contributed by atoms with Crippen LogP contribution in [-0.2, 0) is 0 Å². The minimum Gasteiger partial charge on any atom is -0.313 e. The van der Waals surface area contributed by atoms with Crippen molar-refractivity contribution in [2.45, 2.75) is 45.2 Å². The summed E-state index contributed by atoms with van der Waals surface area (Å²) >= 11 is 0. The van der Waals surface area contributed by atoms with Crippen molar-refractivity contribution in [2.75, 3.05) is 19.6 Å². The molecule has 0 spiro atoms. The Morgan fingerprint density at radius 3 is 3.00 bits per heavy atom. The maximum Gasteiger partial charge on any atom is 0.141 e. The molecule has 0 amide bonds. The average Bonchev–Trinajstić information content (AvgIpc) is 2.90. The summed E-state index contributed by atoms with van der Waals surface area (Å²) in [5.74, 6) is -0.250. The summed E-state index contributed by atoms with van der Waals surface area (Å²) in [5, 5.41) is 3.53. The van der Waals surface area contributed by atoms with Crippen molar-refractivity contribution in [3.8, 4) is 0 Å². The minimum absolute atomic E-state index is 0.213. The van der Waals surface area contributed by atoms with Crippen LogP contribution in [0.3, 0.4) is 0 Å². The number of rotatable bonds is 6. The van der Waals surface area contributed by atoms with Crippen molar-refractivity contribution in [3.63, 3.8) is 0 Å². The van der Waals surface area contributed by atoms with Crippen LogP contribution in [0.25, 0.3) is 0 Å². The van der Waals surface area contributed by atoms with Crippen molar-refractivity contribution in [2.24, 2.45) is 0 Å². The van der Waals surface area contributed by atoms with E-state index in [0.29, 0.717) is 6.04 Å². The number of nitrogens with one attached hydrogen (secondary N) is 1. The van der Waals surface area contributed by atoms with Crippen LogP contribution in [0.1, 0.15) is 44.7 Å². The predicted molar refractivity (Wildman–Crippen MR) is 75.5 cm³/mol. The van der Waals surface area contributed by atoms with Gasteiger partial charge in [0.1, 0.15) is 5.82 Å². The van der Waals surface area contributed by atoms with E-state index in [9.17, 15) is 4.39 Å². The van der Waals surface area contributed by atoms with Gasteiger partial charge in [0.25, 0.3) is 0 Å². The lowest BCUT2D eigenvalue weighted by Gasteiger charge is -2.31. The highest BCUT2D eigenvalue weighted by molar-refractivity contribution is 5.14. The molecule has 0 aliphatic carbocycles. The van der Waals surface area contributed by atoms with Gasteiger partial charge in [-0.25, -0.2) is 4.39 Å². The Morgan fingerprint density at radius 2 is 2.37 bits per heavy atom. The summed E-state index contributed by atoms with van der Waals surface area (Å²) < 4.78 is 13.3. The molecule has 2 atom stereocenters. The summed E-state index contributed by atoms with van der Waals surface area (Å²) in [5.41, 5.74) is 0.964. The molecule has 0 bridgehead atoms. The zero-order valence-corrected chi connectivity index (χ0v) is 11.9. The van der Waals surface area contributed by atoms with Gasteiger partial charge < -0.3 is 5.32 Å². The van der Waals surface area contributed by atoms with E-state index in [-0.39, 0.29) is 11.9 Å². The van der Waals surface area contributed by atoms with E-state index >= 15 is 0 Å². The Hall–Kier alpha value is -1.00. The minimum atomic E-state index is -0.250. The second kappa shape index (κ2) is 6.96. The van der Waals surface area contributed by atoms with Gasteiger partial charge in [-0.05, 0) is 50.9 Å². The maximum absolute atomic E-state index is 13.3. The third-order valence-electron chi connectivity index (χ3n) is 3.88. The SMILES string of the molecule is CCCN(CC1CCCN1)C(C)c1cncc(F)c1. The molecule has 1 aliphatic heterocycles. The van der Waals surface area contributed by atoms with Gasteiger partial charge in [0.05, 0.1) is 6.20 Å². The van der Waals surface area contributed by atoms with E-state index < -0.39 is 0 Å². The fraction of sp³-hybridized carbons (Fsp3) is 0.667. The van der Waals surface area contributed by atoms with Gasteiger partial charge in [0, 0.05) is 24.8 Å². The number of halogens is 1. The molecule has 1 aliphatic rings. The molecule has 106 valence electrons. The van der Waals surface area contributed by atoms with Crippen molar-refractivity contribution < 1.29 is 4.39 Å². The number of nitrogens with zero attached hydrogens (tertiary/aromatic N) is 2. The summed E-state index contributed by atoms with van der Waals surface area (Å²) in [6, 6.07) is 2.39. The highest BCUT2D eigenvalue weighted by Crippen LogP contribution is 2.22. The van der Waals surface area contributed by atoms with Gasteiger partial charge >= 0.3 is 0 Å². The number of hydrogen-bond acceptors (Lipinski definition) is 3. The van der Waals surface area contributed by atoms with E-state index in [1.807, 2.05) is 0 Å². The summed E-state index contributed by atoms with van der Waals surface area (Å²) in [6.07, 6.45) is 6.66. The van der Waals surface area contributed by atoms with Crippen LogP contribution in [0.4, 0.5) is 4.39 Å². The Bertz CT molecular complexity index is 391. The third kappa shape index (κ3) is 3.98. The molecule has 2 heterocycles. The topological polar surface area (TPSA) is 28.2 Å². The lowest BCUT2D eigenvalue weighted by atomic mass is 10.1. The van der Waals surface area contributed by atoms with Crippen molar-refractivity contribution in [1.29, 1.82) is 0 Å². The fourth-order valence-corrected chi connectivity index (χ4v) is 2.79. The second-order valence-electron chi connectivity index (χ2n) is 5.40. The Morgan fingerprint density at radius 1 is 1.53 bits per heavy atom. The highest BCUT2D eigenvalue weighted by Gasteiger charge is 2.22. The highest BCUT2D eigenvalue weighted by atomic mass is 19.1. The summed E-state index contributed by atoms with van der Waals surface area (Å²) in [6.45, 7) is 7.52. The number of aromatic nitrogens is 1. The van der Waals surface area contributed by atoms with Crippen LogP contribution >= 0.6 is 0 Å². The van der Waals surface area contributed by atoms with E-state index in [1.54, 1.807) is 12.3 Å². The molecule has 2 unspecified atom stereocenters. The van der Waals surface area contributed by atoms with Crippen LogP contribution in [0.15, 0.2) is 18.5 Å². The summed E-state index contributed by atoms with van der Waals surface area (Å²) in [7, 11) is 0. The number of hydrogen-bond donors (Lipinski definition) is 1. The Kier molecular flexibility index (Phi) is 5.28. The molecule has 4 heteroatoms. The molecular formula is C15H24FN3. The molecule has 3 nitrogen and oxygen atoms in total. The lowest BCUT2D eigenvalue weighted by molar-refractivity contribution is 0.192. The molecule has 2 rings (SSSR count). The third-order valence-corrected chi connectivity index (χ3v) is 3.88. The van der Waals surface area contributed by atoms with E-state index in [1.165, 1.54) is 19.0 Å². The van der Waals surface area contributed by atoms with Crippen molar-refractivity contribution in [3.05, 3.63) is 29.8 Å². The molecule has 1 aromatic heterocycles. The fourth-order valence-electron chi connectivity index (χ4n) is 2.79. The number of pyridine rings is 1. The molecule has 0 saturated carbocycles. The molecule has 1 saturated heterocycles. The summed E-state index contributed by atoms with van der Waals surface area (Å²) in [4.78, 5) is 6.39. The lowest BCUT2D eigenvalue weighted by Crippen LogP contribution is -2.39. The van der Waals surface area contributed by atoms with Crippen LogP contribution in [0.2, 0.25) is 0 Å². The van der Waals surface area contributed by atoms with E-state index in [4.69, 9.17) is 0 Å². The van der Waals surface area contributed by atoms with Gasteiger partial charge in [-0.2, -0.15) is 0 Å². The first-order valence-corrected chi connectivity index (χ1v) is 7.28. The van der Waals surface area contributed by atoms with Crippen LogP contribution in [0.5, 0.6) is 0 Å². The predicted octanol–water partition coefficient (Wildman–Crippen LogP) is 2.75.